The van der Waals surface area contributed by atoms with Crippen LogP contribution in [0.25, 0.3) is 66.4 Å². The van der Waals surface area contributed by atoms with E-state index in [0.717, 1.165) is 10.6 Å². The molecule has 0 heterocycles. The molecule has 6 aromatic rings. The van der Waals surface area contributed by atoms with Crippen LogP contribution in [0.15, 0.2) is 127 Å². The number of fused-ring (bicyclic) bond motifs is 3. The van der Waals surface area contributed by atoms with E-state index in [-0.39, 0.29) is 0 Å². The number of hydrogen-bond acceptors (Lipinski definition) is 0. The lowest BCUT2D eigenvalue weighted by molar-refractivity contribution is 1.56. The van der Waals surface area contributed by atoms with Crippen LogP contribution < -0.4 is 0 Å². The molecular formula is C34H21Cl. The lowest BCUT2D eigenvalue weighted by atomic mass is 9.82. The van der Waals surface area contributed by atoms with Gasteiger partial charge in [-0.15, -0.1) is 0 Å². The summed E-state index contributed by atoms with van der Waals surface area (Å²) in [6.45, 7) is 0. The number of halogens is 1. The molecule has 0 N–H and O–H groups in total. The average molecular weight is 465 g/mol. The summed E-state index contributed by atoms with van der Waals surface area (Å²) in [5.74, 6) is 0. The molecule has 0 atom stereocenters. The molecule has 7 rings (SSSR count). The zero-order chi connectivity index (χ0) is 23.4. The van der Waals surface area contributed by atoms with E-state index in [0.29, 0.717) is 0 Å². The Morgan fingerprint density at radius 2 is 0.943 bits per heavy atom. The summed E-state index contributed by atoms with van der Waals surface area (Å²) in [7, 11) is 0. The van der Waals surface area contributed by atoms with E-state index in [1.807, 2.05) is 12.1 Å². The van der Waals surface area contributed by atoms with E-state index in [9.17, 15) is 0 Å². The second kappa shape index (κ2) is 7.98. The van der Waals surface area contributed by atoms with Gasteiger partial charge in [-0.1, -0.05) is 121 Å². The van der Waals surface area contributed by atoms with Gasteiger partial charge in [0.1, 0.15) is 0 Å². The Bertz CT molecular complexity index is 1730. The molecule has 0 aromatic heterocycles. The van der Waals surface area contributed by atoms with E-state index in [4.69, 9.17) is 11.6 Å². The molecular weight excluding hydrogens is 444 g/mol. The van der Waals surface area contributed by atoms with E-state index >= 15 is 0 Å². The quantitative estimate of drug-likeness (QED) is 0.244. The standard InChI is InChI=1S/C34H21Cl/c35-26-17-7-16-25(20-26)30-21-29(22-10-3-1-4-11-22)33-27-18-8-14-23-15-9-19-28(31(23)27)34(33)32(30)24-12-5-2-6-13-24/h1-21H. The van der Waals surface area contributed by atoms with Gasteiger partial charge in [0.2, 0.25) is 0 Å². The van der Waals surface area contributed by atoms with Gasteiger partial charge in [-0.3, -0.25) is 0 Å². The topological polar surface area (TPSA) is 0 Å². The first-order valence-electron chi connectivity index (χ1n) is 11.9. The van der Waals surface area contributed by atoms with E-state index in [2.05, 4.69) is 115 Å². The van der Waals surface area contributed by atoms with Crippen molar-refractivity contribution in [2.45, 2.75) is 0 Å². The molecule has 0 saturated heterocycles. The van der Waals surface area contributed by atoms with Gasteiger partial charge in [0.15, 0.2) is 0 Å². The van der Waals surface area contributed by atoms with E-state index in [1.165, 1.54) is 60.8 Å². The van der Waals surface area contributed by atoms with Crippen molar-refractivity contribution in [1.82, 2.24) is 0 Å². The Morgan fingerprint density at radius 1 is 0.371 bits per heavy atom. The summed E-state index contributed by atoms with van der Waals surface area (Å²) in [6.07, 6.45) is 0. The van der Waals surface area contributed by atoms with Crippen LogP contribution in [0.4, 0.5) is 0 Å². The monoisotopic (exact) mass is 464 g/mol. The predicted molar refractivity (Wildman–Crippen MR) is 150 cm³/mol. The number of benzene rings is 6. The third kappa shape index (κ3) is 3.15. The molecule has 0 spiro atoms. The molecule has 0 unspecified atom stereocenters. The molecule has 0 saturated carbocycles. The lowest BCUT2D eigenvalue weighted by Crippen LogP contribution is -1.94. The first kappa shape index (κ1) is 20.3. The Hall–Kier alpha value is -4.13. The minimum atomic E-state index is 0.744. The highest BCUT2D eigenvalue weighted by Gasteiger charge is 2.29. The maximum absolute atomic E-state index is 6.51. The maximum Gasteiger partial charge on any atom is 0.0412 e. The molecule has 0 amide bonds. The largest absolute Gasteiger partial charge is 0.0843 e. The van der Waals surface area contributed by atoms with Crippen LogP contribution in [0.3, 0.4) is 0 Å². The third-order valence-electron chi connectivity index (χ3n) is 7.05. The van der Waals surface area contributed by atoms with Crippen molar-refractivity contribution in [3.63, 3.8) is 0 Å². The van der Waals surface area contributed by atoms with Gasteiger partial charge < -0.3 is 0 Å². The third-order valence-corrected chi connectivity index (χ3v) is 7.29. The predicted octanol–water partition coefficient (Wildman–Crippen LogP) is 10.1. The van der Waals surface area contributed by atoms with Gasteiger partial charge in [-0.2, -0.15) is 0 Å². The van der Waals surface area contributed by atoms with Gasteiger partial charge in [0.25, 0.3) is 0 Å². The first-order valence-corrected chi connectivity index (χ1v) is 12.3. The smallest absolute Gasteiger partial charge is 0.0412 e. The van der Waals surface area contributed by atoms with Crippen LogP contribution in [0, 0.1) is 0 Å². The molecule has 6 aromatic carbocycles. The molecule has 0 bridgehead atoms. The van der Waals surface area contributed by atoms with Gasteiger partial charge in [0, 0.05) is 5.02 Å². The summed E-state index contributed by atoms with van der Waals surface area (Å²) in [4.78, 5) is 0. The van der Waals surface area contributed by atoms with Crippen molar-refractivity contribution in [2.24, 2.45) is 0 Å². The van der Waals surface area contributed by atoms with Crippen molar-refractivity contribution >= 4 is 22.4 Å². The van der Waals surface area contributed by atoms with Crippen LogP contribution in [0.2, 0.25) is 5.02 Å². The fourth-order valence-corrected chi connectivity index (χ4v) is 5.81. The Labute approximate surface area is 210 Å². The lowest BCUT2D eigenvalue weighted by Gasteiger charge is -2.21. The fourth-order valence-electron chi connectivity index (χ4n) is 5.62. The zero-order valence-corrected chi connectivity index (χ0v) is 19.8. The van der Waals surface area contributed by atoms with Crippen molar-refractivity contribution in [3.8, 4) is 55.6 Å². The minimum absolute atomic E-state index is 0.744. The van der Waals surface area contributed by atoms with Gasteiger partial charge >= 0.3 is 0 Å². The van der Waals surface area contributed by atoms with Gasteiger partial charge in [-0.25, -0.2) is 0 Å². The molecule has 1 aliphatic carbocycles. The Kier molecular flexibility index (Phi) is 4.62. The van der Waals surface area contributed by atoms with Crippen LogP contribution in [-0.4, -0.2) is 0 Å². The molecule has 0 radical (unpaired) electrons. The van der Waals surface area contributed by atoms with Crippen LogP contribution in [0.1, 0.15) is 0 Å². The highest BCUT2D eigenvalue weighted by Crippen LogP contribution is 2.57. The summed E-state index contributed by atoms with van der Waals surface area (Å²) < 4.78 is 0. The van der Waals surface area contributed by atoms with Crippen molar-refractivity contribution in [3.05, 3.63) is 132 Å². The van der Waals surface area contributed by atoms with E-state index in [1.54, 1.807) is 0 Å². The normalized spacial score (nSPS) is 11.6. The maximum atomic E-state index is 6.51. The van der Waals surface area contributed by atoms with Crippen molar-refractivity contribution < 1.29 is 0 Å². The molecule has 35 heavy (non-hydrogen) atoms. The SMILES string of the molecule is Clc1cccc(-c2cc(-c3ccccc3)c3c(c2-c2ccccc2)-c2cccc4cccc-3c24)c1. The minimum Gasteiger partial charge on any atom is -0.0843 e. The molecule has 0 fully saturated rings. The number of hydrogen-bond donors (Lipinski definition) is 0. The van der Waals surface area contributed by atoms with Crippen molar-refractivity contribution in [2.75, 3.05) is 0 Å². The summed E-state index contributed by atoms with van der Waals surface area (Å²) in [5, 5.41) is 3.36. The molecule has 0 aliphatic heterocycles. The van der Waals surface area contributed by atoms with Crippen molar-refractivity contribution in [1.29, 1.82) is 0 Å². The number of rotatable bonds is 3. The zero-order valence-electron chi connectivity index (χ0n) is 19.0. The summed E-state index contributed by atoms with van der Waals surface area (Å²) in [6, 6.07) is 45.4. The first-order chi connectivity index (χ1) is 17.3. The Morgan fingerprint density at radius 3 is 1.63 bits per heavy atom. The molecule has 0 nitrogen and oxygen atoms in total. The van der Waals surface area contributed by atoms with Gasteiger partial charge in [0.05, 0.1) is 0 Å². The summed E-state index contributed by atoms with van der Waals surface area (Å²) in [5.41, 5.74) is 12.5. The Balaban J connectivity index is 1.71. The van der Waals surface area contributed by atoms with Gasteiger partial charge in [-0.05, 0) is 84.6 Å². The molecule has 1 aliphatic rings. The fraction of sp³-hybridized carbons (Fsp3) is 0. The molecule has 1 heteroatoms. The highest BCUT2D eigenvalue weighted by atomic mass is 35.5. The molecule has 164 valence electrons. The van der Waals surface area contributed by atoms with Crippen LogP contribution >= 0.6 is 11.6 Å². The average Bonchev–Trinajstić information content (AvgIpc) is 3.25. The van der Waals surface area contributed by atoms with E-state index < -0.39 is 0 Å². The summed E-state index contributed by atoms with van der Waals surface area (Å²) >= 11 is 6.51. The highest BCUT2D eigenvalue weighted by molar-refractivity contribution is 6.31. The second-order valence-electron chi connectivity index (χ2n) is 9.05. The van der Waals surface area contributed by atoms with Crippen LogP contribution in [0.5, 0.6) is 0 Å². The van der Waals surface area contributed by atoms with Crippen LogP contribution in [-0.2, 0) is 0 Å². The second-order valence-corrected chi connectivity index (χ2v) is 9.48.